The first kappa shape index (κ1) is 18.9. The second kappa shape index (κ2) is 7.87. The van der Waals surface area contributed by atoms with Crippen molar-refractivity contribution in [1.29, 1.82) is 0 Å². The van der Waals surface area contributed by atoms with Crippen molar-refractivity contribution in [2.75, 3.05) is 11.4 Å². The van der Waals surface area contributed by atoms with Gasteiger partial charge in [-0.15, -0.1) is 0 Å². The fraction of sp³-hybridized carbons (Fsp3) is 0.227. The van der Waals surface area contributed by atoms with Crippen LogP contribution in [0, 0.1) is 5.82 Å². The molecule has 0 aliphatic carbocycles. The monoisotopic (exact) mass is 392 g/mol. The van der Waals surface area contributed by atoms with Crippen molar-refractivity contribution in [3.8, 4) is 0 Å². The van der Waals surface area contributed by atoms with E-state index in [0.29, 0.717) is 35.6 Å². The number of aromatic nitrogens is 2. The molecule has 1 N–H and O–H groups in total. The third-order valence-electron chi connectivity index (χ3n) is 5.07. The lowest BCUT2D eigenvalue weighted by Gasteiger charge is -2.20. The molecule has 1 unspecified atom stereocenters. The van der Waals surface area contributed by atoms with Gasteiger partial charge in [-0.1, -0.05) is 18.2 Å². The van der Waals surface area contributed by atoms with E-state index in [1.165, 1.54) is 12.1 Å². The molecule has 1 atom stereocenters. The Kier molecular flexibility index (Phi) is 5.12. The minimum atomic E-state index is -0.615. The highest BCUT2D eigenvalue weighted by Crippen LogP contribution is 2.24. The first-order valence-electron chi connectivity index (χ1n) is 9.47. The van der Waals surface area contributed by atoms with Gasteiger partial charge in [-0.05, 0) is 42.3 Å². The van der Waals surface area contributed by atoms with Gasteiger partial charge in [-0.2, -0.15) is 0 Å². The second-order valence-corrected chi connectivity index (χ2v) is 7.06. The molecule has 6 nitrogen and oxygen atoms in total. The van der Waals surface area contributed by atoms with Gasteiger partial charge in [-0.3, -0.25) is 9.59 Å². The van der Waals surface area contributed by atoms with Gasteiger partial charge in [0.25, 0.3) is 5.91 Å². The Bertz CT molecular complexity index is 1060. The van der Waals surface area contributed by atoms with Crippen LogP contribution in [0.5, 0.6) is 0 Å². The highest BCUT2D eigenvalue weighted by molar-refractivity contribution is 5.99. The molecule has 0 saturated carbocycles. The minimum Gasteiger partial charge on any atom is -0.338 e. The van der Waals surface area contributed by atoms with Gasteiger partial charge in [0.1, 0.15) is 17.7 Å². The summed E-state index contributed by atoms with van der Waals surface area (Å²) in [6.07, 6.45) is 4.74. The summed E-state index contributed by atoms with van der Waals surface area (Å²) in [4.78, 5) is 31.1. The normalized spacial score (nSPS) is 14.8. The van der Waals surface area contributed by atoms with E-state index in [9.17, 15) is 14.0 Å². The van der Waals surface area contributed by atoms with E-state index in [1.54, 1.807) is 52.2 Å². The Hall–Kier alpha value is -3.48. The topological polar surface area (TPSA) is 67.2 Å². The Morgan fingerprint density at radius 3 is 2.72 bits per heavy atom. The lowest BCUT2D eigenvalue weighted by Crippen LogP contribution is -2.31. The highest BCUT2D eigenvalue weighted by Gasteiger charge is 2.24. The molecular formula is C22H21FN4O2. The molecule has 4 rings (SSSR count). The summed E-state index contributed by atoms with van der Waals surface area (Å²) in [6, 6.07) is 12.5. The number of nitrogens with one attached hydrogen (secondary N) is 1. The summed E-state index contributed by atoms with van der Waals surface area (Å²) in [7, 11) is 1.82. The number of hydrogen-bond donors (Lipinski definition) is 1. The van der Waals surface area contributed by atoms with E-state index in [2.05, 4.69) is 10.3 Å². The van der Waals surface area contributed by atoms with Crippen LogP contribution in [-0.4, -0.2) is 27.9 Å². The van der Waals surface area contributed by atoms with Crippen LogP contribution < -0.4 is 10.2 Å². The minimum absolute atomic E-state index is 0.0632. The first-order chi connectivity index (χ1) is 14.0. The smallest absolute Gasteiger partial charge is 0.252 e. The van der Waals surface area contributed by atoms with E-state index in [4.69, 9.17) is 0 Å². The van der Waals surface area contributed by atoms with Crippen molar-refractivity contribution >= 4 is 17.5 Å². The van der Waals surface area contributed by atoms with Crippen LogP contribution in [0.25, 0.3) is 0 Å². The number of rotatable bonds is 5. The average molecular weight is 392 g/mol. The van der Waals surface area contributed by atoms with E-state index < -0.39 is 6.04 Å². The van der Waals surface area contributed by atoms with Crippen LogP contribution in [0.3, 0.4) is 0 Å². The molecule has 1 fully saturated rings. The largest absolute Gasteiger partial charge is 0.338 e. The molecule has 2 heterocycles. The molecular weight excluding hydrogens is 371 g/mol. The Morgan fingerprint density at radius 2 is 2.03 bits per heavy atom. The molecule has 0 radical (unpaired) electrons. The Balaban J connectivity index is 1.64. The van der Waals surface area contributed by atoms with Gasteiger partial charge < -0.3 is 14.8 Å². The molecule has 1 aliphatic rings. The molecule has 148 valence electrons. The summed E-state index contributed by atoms with van der Waals surface area (Å²) in [5.74, 6) is -0.0516. The number of hydrogen-bond acceptors (Lipinski definition) is 3. The third-order valence-corrected chi connectivity index (χ3v) is 5.07. The number of carbonyl (C=O) groups is 2. The Morgan fingerprint density at radius 1 is 1.21 bits per heavy atom. The van der Waals surface area contributed by atoms with Crippen molar-refractivity contribution in [3.63, 3.8) is 0 Å². The fourth-order valence-electron chi connectivity index (χ4n) is 3.59. The standard InChI is InChI=1S/C22H21FN4O2/c1-26-12-10-24-21(26)20(15-5-2-7-17(23)13-15)25-22(29)16-6-3-8-18(14-16)27-11-4-9-19(27)28/h2-3,5-8,10,12-14,20H,4,9,11H2,1H3,(H,25,29). The van der Waals surface area contributed by atoms with E-state index in [0.717, 1.165) is 6.42 Å². The predicted octanol–water partition coefficient (Wildman–Crippen LogP) is 3.21. The van der Waals surface area contributed by atoms with Gasteiger partial charge >= 0.3 is 0 Å². The van der Waals surface area contributed by atoms with Crippen molar-refractivity contribution in [3.05, 3.63) is 83.7 Å². The molecule has 2 aromatic carbocycles. The molecule has 1 aliphatic heterocycles. The SMILES string of the molecule is Cn1ccnc1C(NC(=O)c1cccc(N2CCCC2=O)c1)c1cccc(F)c1. The van der Waals surface area contributed by atoms with Crippen molar-refractivity contribution in [2.45, 2.75) is 18.9 Å². The zero-order chi connectivity index (χ0) is 20.4. The maximum absolute atomic E-state index is 13.8. The van der Waals surface area contributed by atoms with Crippen LogP contribution in [0.2, 0.25) is 0 Å². The molecule has 3 aromatic rings. The summed E-state index contributed by atoms with van der Waals surface area (Å²) >= 11 is 0. The first-order valence-corrected chi connectivity index (χ1v) is 9.47. The molecule has 0 spiro atoms. The number of benzene rings is 2. The van der Waals surface area contributed by atoms with Gasteiger partial charge in [-0.25, -0.2) is 9.37 Å². The van der Waals surface area contributed by atoms with Crippen molar-refractivity contribution in [1.82, 2.24) is 14.9 Å². The highest BCUT2D eigenvalue weighted by atomic mass is 19.1. The Labute approximate surface area is 168 Å². The van der Waals surface area contributed by atoms with Gasteiger partial charge in [0.15, 0.2) is 0 Å². The number of anilines is 1. The quantitative estimate of drug-likeness (QED) is 0.725. The van der Waals surface area contributed by atoms with Gasteiger partial charge in [0, 0.05) is 43.7 Å². The lowest BCUT2D eigenvalue weighted by molar-refractivity contribution is -0.117. The van der Waals surface area contributed by atoms with Crippen molar-refractivity contribution in [2.24, 2.45) is 7.05 Å². The van der Waals surface area contributed by atoms with Gasteiger partial charge in [0.05, 0.1) is 0 Å². The average Bonchev–Trinajstić information content (AvgIpc) is 3.34. The molecule has 29 heavy (non-hydrogen) atoms. The van der Waals surface area contributed by atoms with Crippen LogP contribution in [-0.2, 0) is 11.8 Å². The zero-order valence-electron chi connectivity index (χ0n) is 16.0. The number of aryl methyl sites for hydroxylation is 1. The number of imidazole rings is 1. The number of carbonyl (C=O) groups excluding carboxylic acids is 2. The predicted molar refractivity (Wildman–Crippen MR) is 107 cm³/mol. The van der Waals surface area contributed by atoms with E-state index >= 15 is 0 Å². The summed E-state index contributed by atoms with van der Waals surface area (Å²) in [6.45, 7) is 0.656. The van der Waals surface area contributed by atoms with Crippen LogP contribution >= 0.6 is 0 Å². The van der Waals surface area contributed by atoms with Crippen LogP contribution in [0.4, 0.5) is 10.1 Å². The third kappa shape index (κ3) is 3.89. The maximum Gasteiger partial charge on any atom is 0.252 e. The summed E-state index contributed by atoms with van der Waals surface area (Å²) in [5, 5.41) is 2.96. The molecule has 0 bridgehead atoms. The van der Waals surface area contributed by atoms with E-state index in [1.807, 2.05) is 13.1 Å². The molecule has 7 heteroatoms. The molecule has 1 saturated heterocycles. The van der Waals surface area contributed by atoms with E-state index in [-0.39, 0.29) is 17.6 Å². The zero-order valence-corrected chi connectivity index (χ0v) is 16.0. The van der Waals surface area contributed by atoms with Gasteiger partial charge in [0.2, 0.25) is 5.91 Å². The lowest BCUT2D eigenvalue weighted by atomic mass is 10.0. The number of nitrogens with zero attached hydrogens (tertiary/aromatic N) is 3. The van der Waals surface area contributed by atoms with Crippen molar-refractivity contribution < 1.29 is 14.0 Å². The fourth-order valence-corrected chi connectivity index (χ4v) is 3.59. The number of amides is 2. The summed E-state index contributed by atoms with van der Waals surface area (Å²) in [5.41, 5.74) is 1.73. The summed E-state index contributed by atoms with van der Waals surface area (Å²) < 4.78 is 15.6. The van der Waals surface area contributed by atoms with Crippen LogP contribution in [0.1, 0.15) is 40.6 Å². The maximum atomic E-state index is 13.8. The van der Waals surface area contributed by atoms with Crippen LogP contribution in [0.15, 0.2) is 60.9 Å². The molecule has 1 aromatic heterocycles. The molecule has 2 amide bonds. The number of halogens is 1. The second-order valence-electron chi connectivity index (χ2n) is 7.06.